The molecule has 5 aliphatic rings. The quantitative estimate of drug-likeness (QED) is 0.180. The predicted molar refractivity (Wildman–Crippen MR) is 231 cm³/mol. The van der Waals surface area contributed by atoms with Crippen molar-refractivity contribution in [3.63, 3.8) is 0 Å². The molecule has 0 unspecified atom stereocenters. The average molecular weight is 748 g/mol. The largest absolute Gasteiger partial charge is 0.456 e. The van der Waals surface area contributed by atoms with Gasteiger partial charge in [-0.2, -0.15) is 0 Å². The average Bonchev–Trinajstić information content (AvgIpc) is 3.93. The van der Waals surface area contributed by atoms with Gasteiger partial charge < -0.3 is 8.83 Å². The van der Waals surface area contributed by atoms with Crippen LogP contribution in [0.25, 0.3) is 99.9 Å². The van der Waals surface area contributed by atoms with Gasteiger partial charge in [0.2, 0.25) is 0 Å². The van der Waals surface area contributed by atoms with Gasteiger partial charge in [-0.05, 0) is 119 Å². The minimum atomic E-state index is -0.000573. The normalized spacial score (nSPS) is 22.9. The Bertz CT molecular complexity index is 3230. The molecule has 0 atom stereocenters. The fourth-order valence-corrected chi connectivity index (χ4v) is 12.8. The number of fused-ring (bicyclic) bond motifs is 11. The van der Waals surface area contributed by atoms with Gasteiger partial charge in [-0.3, -0.25) is 0 Å². The Labute approximate surface area is 334 Å². The molecule has 0 radical (unpaired) electrons. The fraction of sp³-hybridized carbons (Fsp3) is 0.189. The van der Waals surface area contributed by atoms with Crippen LogP contribution >= 0.6 is 0 Å². The highest BCUT2D eigenvalue weighted by Gasteiger charge is 2.61. The molecule has 5 nitrogen and oxygen atoms in total. The minimum Gasteiger partial charge on any atom is -0.456 e. The van der Waals surface area contributed by atoms with Crippen LogP contribution in [-0.4, -0.2) is 15.0 Å². The van der Waals surface area contributed by atoms with E-state index in [0.29, 0.717) is 29.3 Å². The van der Waals surface area contributed by atoms with Crippen molar-refractivity contribution in [2.75, 3.05) is 0 Å². The third kappa shape index (κ3) is 4.08. The Hall–Kier alpha value is -6.59. The SMILES string of the molecule is c1ccc2c3c(ccc2c1)C1(c2cc(-c4nc(-c5cccc6oc7ccccc7c56)nc(-c5cccc6oc7ccccc7c56)n4)ccc2-3)C2CC3CC(C2)CC1C3. The van der Waals surface area contributed by atoms with E-state index in [2.05, 4.69) is 91.0 Å². The molecule has 10 aromatic rings. The summed E-state index contributed by atoms with van der Waals surface area (Å²) in [7, 11) is 0. The van der Waals surface area contributed by atoms with E-state index in [0.717, 1.165) is 72.4 Å². The van der Waals surface area contributed by atoms with Crippen LogP contribution in [-0.2, 0) is 5.41 Å². The molecule has 4 fully saturated rings. The molecule has 0 N–H and O–H groups in total. The molecule has 3 aromatic heterocycles. The number of para-hydroxylation sites is 2. The summed E-state index contributed by atoms with van der Waals surface area (Å²) in [4.78, 5) is 16.2. The van der Waals surface area contributed by atoms with Crippen molar-refractivity contribution in [3.05, 3.63) is 151 Å². The van der Waals surface area contributed by atoms with Gasteiger partial charge in [-0.15, -0.1) is 0 Å². The number of nitrogens with zero attached hydrogens (tertiary/aromatic N) is 3. The summed E-state index contributed by atoms with van der Waals surface area (Å²) in [5, 5.41) is 6.79. The smallest absolute Gasteiger partial charge is 0.164 e. The van der Waals surface area contributed by atoms with Crippen molar-refractivity contribution in [2.24, 2.45) is 23.7 Å². The maximum atomic E-state index is 6.38. The Morgan fingerprint density at radius 3 is 1.62 bits per heavy atom. The topological polar surface area (TPSA) is 65.0 Å². The summed E-state index contributed by atoms with van der Waals surface area (Å²) in [6.07, 6.45) is 6.74. The van der Waals surface area contributed by atoms with Crippen LogP contribution < -0.4 is 0 Å². The van der Waals surface area contributed by atoms with E-state index in [-0.39, 0.29) is 5.41 Å². The Morgan fingerprint density at radius 2 is 0.983 bits per heavy atom. The molecule has 1 spiro atoms. The minimum absolute atomic E-state index is 0.000573. The lowest BCUT2D eigenvalue weighted by atomic mass is 9.43. The van der Waals surface area contributed by atoms with Gasteiger partial charge in [0.25, 0.3) is 0 Å². The number of aromatic nitrogens is 3. The van der Waals surface area contributed by atoms with Crippen molar-refractivity contribution >= 4 is 54.6 Å². The Kier molecular flexibility index (Phi) is 6.13. The van der Waals surface area contributed by atoms with Gasteiger partial charge in [0, 0.05) is 43.7 Å². The second kappa shape index (κ2) is 11.3. The number of hydrogen-bond acceptors (Lipinski definition) is 5. The number of benzene rings is 7. The summed E-state index contributed by atoms with van der Waals surface area (Å²) in [6, 6.07) is 49.9. The predicted octanol–water partition coefficient (Wildman–Crippen LogP) is 13.5. The first-order valence-corrected chi connectivity index (χ1v) is 20.9. The zero-order valence-electron chi connectivity index (χ0n) is 31.8. The van der Waals surface area contributed by atoms with Crippen LogP contribution in [0, 0.1) is 23.7 Å². The molecule has 7 aromatic carbocycles. The first-order valence-electron chi connectivity index (χ1n) is 20.9. The van der Waals surface area contributed by atoms with Crippen LogP contribution in [0.5, 0.6) is 0 Å². The summed E-state index contributed by atoms with van der Waals surface area (Å²) in [5.41, 5.74) is 12.1. The lowest BCUT2D eigenvalue weighted by molar-refractivity contribution is -0.0399. The van der Waals surface area contributed by atoms with E-state index in [1.54, 1.807) is 5.56 Å². The van der Waals surface area contributed by atoms with Gasteiger partial charge >= 0.3 is 0 Å². The molecule has 0 saturated heterocycles. The van der Waals surface area contributed by atoms with Crippen LogP contribution in [0.2, 0.25) is 0 Å². The monoisotopic (exact) mass is 747 g/mol. The molecular formula is C53H37N3O2. The van der Waals surface area contributed by atoms with Crippen LogP contribution in [0.4, 0.5) is 0 Å². The van der Waals surface area contributed by atoms with Gasteiger partial charge in [-0.1, -0.05) is 109 Å². The molecule has 0 amide bonds. The van der Waals surface area contributed by atoms with Gasteiger partial charge in [0.1, 0.15) is 22.3 Å². The highest BCUT2D eigenvalue weighted by molar-refractivity contribution is 6.13. The molecule has 3 heterocycles. The molecule has 4 bridgehead atoms. The second-order valence-electron chi connectivity index (χ2n) is 17.5. The third-order valence-corrected chi connectivity index (χ3v) is 14.7. The Balaban J connectivity index is 1.04. The van der Waals surface area contributed by atoms with Crippen molar-refractivity contribution in [1.29, 1.82) is 0 Å². The second-order valence-corrected chi connectivity index (χ2v) is 17.5. The van der Waals surface area contributed by atoms with E-state index >= 15 is 0 Å². The van der Waals surface area contributed by atoms with Crippen molar-refractivity contribution < 1.29 is 8.83 Å². The van der Waals surface area contributed by atoms with Gasteiger partial charge in [0.15, 0.2) is 17.5 Å². The molecule has 15 rings (SSSR count). The van der Waals surface area contributed by atoms with E-state index < -0.39 is 0 Å². The molecule has 276 valence electrons. The van der Waals surface area contributed by atoms with Gasteiger partial charge in [-0.25, -0.2) is 15.0 Å². The van der Waals surface area contributed by atoms with E-state index in [1.165, 1.54) is 59.6 Å². The molecule has 0 aliphatic heterocycles. The maximum absolute atomic E-state index is 6.38. The molecule has 58 heavy (non-hydrogen) atoms. The van der Waals surface area contributed by atoms with Crippen LogP contribution in [0.1, 0.15) is 43.2 Å². The lowest BCUT2D eigenvalue weighted by Crippen LogP contribution is -2.55. The highest BCUT2D eigenvalue weighted by Crippen LogP contribution is 2.70. The Morgan fingerprint density at radius 1 is 0.431 bits per heavy atom. The molecule has 5 aliphatic carbocycles. The summed E-state index contributed by atoms with van der Waals surface area (Å²) >= 11 is 0. The number of hydrogen-bond donors (Lipinski definition) is 0. The maximum Gasteiger partial charge on any atom is 0.164 e. The third-order valence-electron chi connectivity index (χ3n) is 14.7. The van der Waals surface area contributed by atoms with Crippen molar-refractivity contribution in [1.82, 2.24) is 15.0 Å². The van der Waals surface area contributed by atoms with E-state index in [9.17, 15) is 0 Å². The molecular weight excluding hydrogens is 711 g/mol. The summed E-state index contributed by atoms with van der Waals surface area (Å²) in [6.45, 7) is 0. The zero-order valence-corrected chi connectivity index (χ0v) is 31.8. The van der Waals surface area contributed by atoms with Crippen LogP contribution in [0.15, 0.2) is 148 Å². The highest BCUT2D eigenvalue weighted by atomic mass is 16.3. The first-order chi connectivity index (χ1) is 28.7. The van der Waals surface area contributed by atoms with E-state index in [1.807, 2.05) is 48.5 Å². The summed E-state index contributed by atoms with van der Waals surface area (Å²) < 4.78 is 12.8. The zero-order chi connectivity index (χ0) is 37.7. The van der Waals surface area contributed by atoms with Crippen LogP contribution in [0.3, 0.4) is 0 Å². The molecule has 4 saturated carbocycles. The number of rotatable bonds is 3. The van der Waals surface area contributed by atoms with Crippen molar-refractivity contribution in [3.8, 4) is 45.3 Å². The van der Waals surface area contributed by atoms with E-state index in [4.69, 9.17) is 23.8 Å². The lowest BCUT2D eigenvalue weighted by Gasteiger charge is -2.61. The van der Waals surface area contributed by atoms with Gasteiger partial charge in [0.05, 0.1) is 0 Å². The first kappa shape index (κ1) is 31.5. The molecule has 5 heteroatoms. The van der Waals surface area contributed by atoms with Crippen molar-refractivity contribution in [2.45, 2.75) is 37.5 Å². The number of furan rings is 2. The fourth-order valence-electron chi connectivity index (χ4n) is 12.8. The standard InChI is InChI=1S/C53H37N3O2/c1-2-10-35-31(9-1)20-22-41-47(35)36-21-19-32(28-42(36)53(41)33-24-29-23-30(26-33)27-34(53)25-29)50-54-51(39-13-7-17-45-48(39)37-11-3-5-15-43(37)57-45)56-52(55-50)40-14-8-18-46-49(40)38-12-4-6-16-44(38)58-46/h1-22,28-30,33-34H,23-27H2. The summed E-state index contributed by atoms with van der Waals surface area (Å²) in [5.74, 6) is 4.94.